The third-order valence-corrected chi connectivity index (χ3v) is 6.66. The molecule has 0 radical (unpaired) electrons. The predicted molar refractivity (Wildman–Crippen MR) is 132 cm³/mol. The molecule has 7 nitrogen and oxygen atoms in total. The summed E-state index contributed by atoms with van der Waals surface area (Å²) in [5, 5.41) is 2.79. The van der Waals surface area contributed by atoms with Crippen molar-refractivity contribution >= 4 is 27.5 Å². The van der Waals surface area contributed by atoms with E-state index in [4.69, 9.17) is 0 Å². The summed E-state index contributed by atoms with van der Waals surface area (Å²) in [4.78, 5) is 27.2. The van der Waals surface area contributed by atoms with E-state index in [1.807, 2.05) is 13.8 Å². The first-order valence-electron chi connectivity index (χ1n) is 11.5. The molecular formula is C25H32F3N3O4S. The van der Waals surface area contributed by atoms with Gasteiger partial charge in [0.1, 0.15) is 11.9 Å². The largest absolute Gasteiger partial charge is 0.354 e. The normalized spacial score (nSPS) is 12.3. The minimum Gasteiger partial charge on any atom is -0.354 e. The maximum atomic E-state index is 13.7. The Kier molecular flexibility index (Phi) is 10.3. The van der Waals surface area contributed by atoms with Crippen LogP contribution in [0.4, 0.5) is 18.9 Å². The lowest BCUT2D eigenvalue weighted by atomic mass is 10.1. The molecule has 0 saturated heterocycles. The monoisotopic (exact) mass is 527 g/mol. The maximum Gasteiger partial charge on any atom is 0.242 e. The number of amides is 2. The average Bonchev–Trinajstić information content (AvgIpc) is 2.80. The summed E-state index contributed by atoms with van der Waals surface area (Å²) >= 11 is 0. The highest BCUT2D eigenvalue weighted by molar-refractivity contribution is 7.92. The molecule has 2 amide bonds. The second-order valence-electron chi connectivity index (χ2n) is 9.00. The van der Waals surface area contributed by atoms with Gasteiger partial charge in [-0.1, -0.05) is 26.0 Å². The number of hydrogen-bond acceptors (Lipinski definition) is 4. The smallest absolute Gasteiger partial charge is 0.242 e. The van der Waals surface area contributed by atoms with Gasteiger partial charge >= 0.3 is 0 Å². The number of benzene rings is 2. The van der Waals surface area contributed by atoms with Gasteiger partial charge in [-0.15, -0.1) is 0 Å². The zero-order valence-electron chi connectivity index (χ0n) is 20.8. The number of nitrogens with zero attached hydrogens (tertiary/aromatic N) is 2. The number of rotatable bonds is 12. The van der Waals surface area contributed by atoms with Gasteiger partial charge in [0.05, 0.1) is 11.9 Å². The Morgan fingerprint density at radius 2 is 1.61 bits per heavy atom. The van der Waals surface area contributed by atoms with Crippen LogP contribution in [0.3, 0.4) is 0 Å². The van der Waals surface area contributed by atoms with E-state index >= 15 is 0 Å². The first-order valence-corrected chi connectivity index (χ1v) is 13.4. The Morgan fingerprint density at radius 3 is 2.17 bits per heavy atom. The van der Waals surface area contributed by atoms with Crippen LogP contribution in [-0.2, 0) is 26.2 Å². The number of anilines is 1. The Morgan fingerprint density at radius 1 is 0.972 bits per heavy atom. The van der Waals surface area contributed by atoms with Gasteiger partial charge in [-0.05, 0) is 49.1 Å². The predicted octanol–water partition coefficient (Wildman–Crippen LogP) is 3.84. The second kappa shape index (κ2) is 12.8. The number of nitrogens with one attached hydrogen (secondary N) is 1. The Balaban J connectivity index is 2.17. The van der Waals surface area contributed by atoms with Crippen LogP contribution in [0.2, 0.25) is 0 Å². The maximum absolute atomic E-state index is 13.7. The fourth-order valence-corrected chi connectivity index (χ4v) is 4.42. The third-order valence-electron chi connectivity index (χ3n) is 5.46. The van der Waals surface area contributed by atoms with Crippen molar-refractivity contribution in [2.45, 2.75) is 46.2 Å². The topological polar surface area (TPSA) is 86.8 Å². The molecule has 2 rings (SSSR count). The van der Waals surface area contributed by atoms with Crippen LogP contribution in [0, 0.1) is 23.4 Å². The molecule has 0 aromatic heterocycles. The van der Waals surface area contributed by atoms with Crippen molar-refractivity contribution in [1.29, 1.82) is 0 Å². The molecule has 0 heterocycles. The number of hydrogen-bond donors (Lipinski definition) is 1. The van der Waals surface area contributed by atoms with Crippen molar-refractivity contribution in [1.82, 2.24) is 10.2 Å². The van der Waals surface area contributed by atoms with Crippen LogP contribution in [0.15, 0.2) is 42.5 Å². The standard InChI is InChI=1S/C25H32F3N3O4S/c1-17(2)15-29-25(33)18(3)30(16-19-7-9-20(26)10-8-19)24(32)6-5-13-31(36(4,34)35)21-11-12-22(27)23(28)14-21/h7-12,14,17-18H,5-6,13,15-16H2,1-4H3,(H,29,33)/t18-/m1/s1. The third kappa shape index (κ3) is 8.54. The van der Waals surface area contributed by atoms with Crippen LogP contribution in [0.1, 0.15) is 39.2 Å². The van der Waals surface area contributed by atoms with Crippen LogP contribution >= 0.6 is 0 Å². The molecule has 0 aliphatic rings. The van der Waals surface area contributed by atoms with Gasteiger partial charge in [0.15, 0.2) is 11.6 Å². The van der Waals surface area contributed by atoms with E-state index in [9.17, 15) is 31.2 Å². The van der Waals surface area contributed by atoms with Gasteiger partial charge in [-0.2, -0.15) is 0 Å². The molecule has 2 aromatic carbocycles. The van der Waals surface area contributed by atoms with E-state index in [2.05, 4.69) is 5.32 Å². The van der Waals surface area contributed by atoms with E-state index in [1.54, 1.807) is 6.92 Å². The zero-order chi connectivity index (χ0) is 27.0. The summed E-state index contributed by atoms with van der Waals surface area (Å²) in [6.45, 7) is 5.78. The summed E-state index contributed by atoms with van der Waals surface area (Å²) in [6, 6.07) is 7.46. The van der Waals surface area contributed by atoms with Gasteiger partial charge in [-0.3, -0.25) is 13.9 Å². The number of halogens is 3. The lowest BCUT2D eigenvalue weighted by Crippen LogP contribution is -2.48. The Bertz CT molecular complexity index is 1160. The average molecular weight is 528 g/mol. The van der Waals surface area contributed by atoms with E-state index < -0.39 is 39.4 Å². The molecule has 0 aliphatic heterocycles. The van der Waals surface area contributed by atoms with Crippen molar-refractivity contribution in [2.24, 2.45) is 5.92 Å². The van der Waals surface area contributed by atoms with E-state index in [0.29, 0.717) is 12.1 Å². The summed E-state index contributed by atoms with van der Waals surface area (Å²) in [6.07, 6.45) is 0.877. The molecule has 11 heteroatoms. The molecule has 0 saturated carbocycles. The molecule has 0 fully saturated rings. The fraction of sp³-hybridized carbons (Fsp3) is 0.440. The summed E-state index contributed by atoms with van der Waals surface area (Å²) in [7, 11) is -3.84. The summed E-state index contributed by atoms with van der Waals surface area (Å²) in [5.41, 5.74) is 0.557. The van der Waals surface area contributed by atoms with Crippen LogP contribution < -0.4 is 9.62 Å². The van der Waals surface area contributed by atoms with Crippen molar-refractivity contribution in [3.8, 4) is 0 Å². The molecule has 0 bridgehead atoms. The van der Waals surface area contributed by atoms with Gasteiger partial charge in [0.2, 0.25) is 21.8 Å². The van der Waals surface area contributed by atoms with Crippen LogP contribution in [0.25, 0.3) is 0 Å². The van der Waals surface area contributed by atoms with Gasteiger partial charge in [0, 0.05) is 32.1 Å². The minimum absolute atomic E-state index is 0.0499. The van der Waals surface area contributed by atoms with Crippen LogP contribution in [-0.4, -0.2) is 50.5 Å². The van der Waals surface area contributed by atoms with Crippen molar-refractivity contribution < 1.29 is 31.2 Å². The molecule has 1 atom stereocenters. The Labute approximate surface area is 210 Å². The zero-order valence-corrected chi connectivity index (χ0v) is 21.6. The molecule has 198 valence electrons. The number of carbonyl (C=O) groups is 2. The first-order chi connectivity index (χ1) is 16.8. The molecule has 0 aliphatic carbocycles. The van der Waals surface area contributed by atoms with Crippen molar-refractivity contribution in [3.63, 3.8) is 0 Å². The molecule has 36 heavy (non-hydrogen) atoms. The highest BCUT2D eigenvalue weighted by Crippen LogP contribution is 2.21. The molecular weight excluding hydrogens is 495 g/mol. The van der Waals surface area contributed by atoms with Crippen molar-refractivity contribution in [2.75, 3.05) is 23.7 Å². The van der Waals surface area contributed by atoms with Gasteiger partial charge in [-0.25, -0.2) is 21.6 Å². The summed E-state index contributed by atoms with van der Waals surface area (Å²) < 4.78 is 65.7. The quantitative estimate of drug-likeness (QED) is 0.455. The first kappa shape index (κ1) is 29.2. The van der Waals surface area contributed by atoms with Gasteiger partial charge in [0.25, 0.3) is 0 Å². The van der Waals surface area contributed by atoms with E-state index in [1.165, 1.54) is 29.2 Å². The Hall–Kier alpha value is -3.08. The lowest BCUT2D eigenvalue weighted by molar-refractivity contribution is -0.140. The highest BCUT2D eigenvalue weighted by Gasteiger charge is 2.27. The second-order valence-corrected chi connectivity index (χ2v) is 10.9. The lowest BCUT2D eigenvalue weighted by Gasteiger charge is -2.29. The highest BCUT2D eigenvalue weighted by atomic mass is 32.2. The van der Waals surface area contributed by atoms with Crippen LogP contribution in [0.5, 0.6) is 0 Å². The molecule has 2 aromatic rings. The number of carbonyl (C=O) groups excluding carboxylic acids is 2. The van der Waals surface area contributed by atoms with Gasteiger partial charge < -0.3 is 10.2 Å². The summed E-state index contributed by atoms with van der Waals surface area (Å²) in [5.74, 6) is -3.28. The molecule has 0 unspecified atom stereocenters. The SMILES string of the molecule is CC(C)CNC(=O)[C@@H](C)N(Cc1ccc(F)cc1)C(=O)CCCN(c1ccc(F)c(F)c1)S(C)(=O)=O. The minimum atomic E-state index is -3.84. The molecule has 0 spiro atoms. The molecule has 1 N–H and O–H groups in total. The van der Waals surface area contributed by atoms with E-state index in [0.717, 1.165) is 28.8 Å². The van der Waals surface area contributed by atoms with E-state index in [-0.39, 0.29) is 43.4 Å². The number of sulfonamides is 1. The fourth-order valence-electron chi connectivity index (χ4n) is 3.47. The van der Waals surface area contributed by atoms with Crippen molar-refractivity contribution in [3.05, 3.63) is 65.5 Å².